The van der Waals surface area contributed by atoms with Gasteiger partial charge in [0.25, 0.3) is 0 Å². The molecule has 1 spiro atoms. The summed E-state index contributed by atoms with van der Waals surface area (Å²) < 4.78 is 18.6. The number of aromatic nitrogens is 1. The number of carbonyl (C=O) groups is 1. The number of amides is 1. The molecule has 18 heavy (non-hydrogen) atoms. The summed E-state index contributed by atoms with van der Waals surface area (Å²) in [6.45, 7) is 2.11. The van der Waals surface area contributed by atoms with Gasteiger partial charge in [-0.05, 0) is 25.2 Å². The molecule has 0 unspecified atom stereocenters. The van der Waals surface area contributed by atoms with Gasteiger partial charge in [-0.1, -0.05) is 6.07 Å². The van der Waals surface area contributed by atoms with E-state index >= 15 is 0 Å². The maximum Gasteiger partial charge on any atom is 0.416 e. The number of hydrogen-bond donors (Lipinski definition) is 1. The van der Waals surface area contributed by atoms with Crippen molar-refractivity contribution >= 4 is 11.9 Å². The fourth-order valence-electron chi connectivity index (χ4n) is 2.49. The zero-order valence-electron chi connectivity index (χ0n) is 9.86. The fraction of sp³-hybridized carbons (Fsp3) is 0.500. The van der Waals surface area contributed by atoms with E-state index in [1.807, 2.05) is 0 Å². The lowest BCUT2D eigenvalue weighted by molar-refractivity contribution is 0.0316. The Morgan fingerprint density at radius 2 is 2.17 bits per heavy atom. The minimum absolute atomic E-state index is 0.315. The molecule has 0 atom stereocenters. The second kappa shape index (κ2) is 4.20. The topological polar surface area (TPSA) is 54.5 Å². The molecule has 2 aliphatic heterocycles. The Balaban J connectivity index is 1.84. The number of hydrogen-bond acceptors (Lipinski definition) is 4. The second-order valence-electron chi connectivity index (χ2n) is 4.71. The molecular weight excluding hydrogens is 237 g/mol. The van der Waals surface area contributed by atoms with E-state index in [1.165, 1.54) is 11.0 Å². The Hall–Kier alpha value is -1.69. The van der Waals surface area contributed by atoms with Crippen LogP contribution >= 0.6 is 0 Å². The van der Waals surface area contributed by atoms with E-state index in [0.29, 0.717) is 12.4 Å². The molecule has 0 aromatic carbocycles. The van der Waals surface area contributed by atoms with Crippen molar-refractivity contribution in [1.82, 2.24) is 10.3 Å². The molecule has 2 aliphatic rings. The summed E-state index contributed by atoms with van der Waals surface area (Å²) in [5, 5.41) is 3.23. The van der Waals surface area contributed by atoms with Crippen LogP contribution in [0.4, 0.5) is 15.0 Å². The third-order valence-electron chi connectivity index (χ3n) is 3.46. The van der Waals surface area contributed by atoms with E-state index in [4.69, 9.17) is 4.74 Å². The predicted molar refractivity (Wildman–Crippen MR) is 62.9 cm³/mol. The number of anilines is 1. The van der Waals surface area contributed by atoms with Crippen molar-refractivity contribution in [1.29, 1.82) is 0 Å². The number of nitrogens with one attached hydrogen (secondary N) is 1. The SMILES string of the molecule is O=C1OC2(CCNCC2)CN1c1cccc(F)n1. The maximum absolute atomic E-state index is 13.1. The summed E-state index contributed by atoms with van der Waals surface area (Å²) >= 11 is 0. The Bertz CT molecular complexity index is 474. The molecule has 2 fully saturated rings. The van der Waals surface area contributed by atoms with Crippen molar-refractivity contribution in [2.75, 3.05) is 24.5 Å². The van der Waals surface area contributed by atoms with Crippen molar-refractivity contribution in [3.05, 3.63) is 24.1 Å². The second-order valence-corrected chi connectivity index (χ2v) is 4.71. The molecule has 5 nitrogen and oxygen atoms in total. The quantitative estimate of drug-likeness (QED) is 0.764. The van der Waals surface area contributed by atoms with Gasteiger partial charge in [0.05, 0.1) is 6.54 Å². The van der Waals surface area contributed by atoms with E-state index in [0.717, 1.165) is 25.9 Å². The Kier molecular flexibility index (Phi) is 2.66. The first-order chi connectivity index (χ1) is 8.69. The lowest BCUT2D eigenvalue weighted by Gasteiger charge is -2.31. The summed E-state index contributed by atoms with van der Waals surface area (Å²) in [4.78, 5) is 17.0. The zero-order valence-corrected chi connectivity index (χ0v) is 9.86. The largest absolute Gasteiger partial charge is 0.440 e. The third kappa shape index (κ3) is 1.92. The van der Waals surface area contributed by atoms with Crippen molar-refractivity contribution in [3.63, 3.8) is 0 Å². The van der Waals surface area contributed by atoms with Crippen molar-refractivity contribution < 1.29 is 13.9 Å². The number of piperidine rings is 1. The summed E-state index contributed by atoms with van der Waals surface area (Å²) in [5.74, 6) is -0.276. The molecule has 3 rings (SSSR count). The van der Waals surface area contributed by atoms with Gasteiger partial charge in [0.15, 0.2) is 0 Å². The normalized spacial score (nSPS) is 22.3. The number of carbonyl (C=O) groups excluding carboxylic acids is 1. The van der Waals surface area contributed by atoms with Crippen LogP contribution in [-0.4, -0.2) is 36.3 Å². The van der Waals surface area contributed by atoms with Crippen LogP contribution in [0.15, 0.2) is 18.2 Å². The minimum Gasteiger partial charge on any atom is -0.440 e. The fourth-order valence-corrected chi connectivity index (χ4v) is 2.49. The van der Waals surface area contributed by atoms with Gasteiger partial charge in [0, 0.05) is 12.8 Å². The van der Waals surface area contributed by atoms with Crippen LogP contribution in [0.25, 0.3) is 0 Å². The molecule has 96 valence electrons. The van der Waals surface area contributed by atoms with Crippen LogP contribution in [0.3, 0.4) is 0 Å². The van der Waals surface area contributed by atoms with E-state index < -0.39 is 17.6 Å². The van der Waals surface area contributed by atoms with Gasteiger partial charge in [-0.2, -0.15) is 4.39 Å². The zero-order chi connectivity index (χ0) is 12.6. The van der Waals surface area contributed by atoms with Gasteiger partial charge in [-0.25, -0.2) is 9.78 Å². The standard InChI is InChI=1S/C12H14FN3O2/c13-9-2-1-3-10(15-9)16-8-12(18-11(16)17)4-6-14-7-5-12/h1-3,14H,4-8H2. The summed E-state index contributed by atoms with van der Waals surface area (Å²) in [6.07, 6.45) is 1.13. The Morgan fingerprint density at radius 1 is 1.39 bits per heavy atom. The van der Waals surface area contributed by atoms with Crippen molar-refractivity contribution in [2.45, 2.75) is 18.4 Å². The average molecular weight is 251 g/mol. The van der Waals surface area contributed by atoms with Crippen LogP contribution in [-0.2, 0) is 4.74 Å². The molecule has 6 heteroatoms. The Morgan fingerprint density at radius 3 is 2.89 bits per heavy atom. The number of pyridine rings is 1. The molecule has 0 bridgehead atoms. The Labute approximate surface area is 104 Å². The third-order valence-corrected chi connectivity index (χ3v) is 3.46. The molecule has 1 aromatic rings. The molecular formula is C12H14FN3O2. The summed E-state index contributed by atoms with van der Waals surface area (Å²) in [6, 6.07) is 4.41. The highest BCUT2D eigenvalue weighted by Gasteiger charge is 2.46. The molecule has 3 heterocycles. The first-order valence-corrected chi connectivity index (χ1v) is 6.02. The van der Waals surface area contributed by atoms with Gasteiger partial charge in [0.1, 0.15) is 11.4 Å². The molecule has 1 amide bonds. The lowest BCUT2D eigenvalue weighted by atomic mass is 9.92. The highest BCUT2D eigenvalue weighted by atomic mass is 19.1. The van der Waals surface area contributed by atoms with E-state index in [9.17, 15) is 9.18 Å². The first-order valence-electron chi connectivity index (χ1n) is 6.02. The number of halogens is 1. The first kappa shape index (κ1) is 11.4. The minimum atomic E-state index is -0.591. The van der Waals surface area contributed by atoms with Crippen molar-refractivity contribution in [3.8, 4) is 0 Å². The number of ether oxygens (including phenoxy) is 1. The number of rotatable bonds is 1. The summed E-state index contributed by atoms with van der Waals surface area (Å²) in [7, 11) is 0. The maximum atomic E-state index is 13.1. The van der Waals surface area contributed by atoms with Crippen LogP contribution in [0.2, 0.25) is 0 Å². The van der Waals surface area contributed by atoms with E-state index in [2.05, 4.69) is 10.3 Å². The molecule has 1 N–H and O–H groups in total. The summed E-state index contributed by atoms with van der Waals surface area (Å²) in [5.41, 5.74) is -0.434. The van der Waals surface area contributed by atoms with Gasteiger partial charge in [-0.15, -0.1) is 0 Å². The van der Waals surface area contributed by atoms with Crippen LogP contribution in [0.5, 0.6) is 0 Å². The molecule has 1 aromatic heterocycles. The smallest absolute Gasteiger partial charge is 0.416 e. The predicted octanol–water partition coefficient (Wildman–Crippen LogP) is 1.30. The van der Waals surface area contributed by atoms with Gasteiger partial charge in [-0.3, -0.25) is 4.90 Å². The highest BCUT2D eigenvalue weighted by molar-refractivity contribution is 5.89. The van der Waals surface area contributed by atoms with Gasteiger partial charge in [0.2, 0.25) is 5.95 Å². The van der Waals surface area contributed by atoms with E-state index in [-0.39, 0.29) is 0 Å². The average Bonchev–Trinajstić information content (AvgIpc) is 2.67. The van der Waals surface area contributed by atoms with E-state index in [1.54, 1.807) is 12.1 Å². The molecule has 0 radical (unpaired) electrons. The monoisotopic (exact) mass is 251 g/mol. The molecule has 0 saturated carbocycles. The van der Waals surface area contributed by atoms with Gasteiger partial charge < -0.3 is 10.1 Å². The van der Waals surface area contributed by atoms with Crippen molar-refractivity contribution in [2.24, 2.45) is 0 Å². The highest BCUT2D eigenvalue weighted by Crippen LogP contribution is 2.33. The molecule has 0 aliphatic carbocycles. The van der Waals surface area contributed by atoms with Crippen LogP contribution in [0, 0.1) is 5.95 Å². The van der Waals surface area contributed by atoms with Crippen LogP contribution < -0.4 is 10.2 Å². The van der Waals surface area contributed by atoms with Crippen LogP contribution in [0.1, 0.15) is 12.8 Å². The number of nitrogens with zero attached hydrogens (tertiary/aromatic N) is 2. The lowest BCUT2D eigenvalue weighted by Crippen LogP contribution is -2.45. The molecule has 2 saturated heterocycles. The van der Waals surface area contributed by atoms with Gasteiger partial charge >= 0.3 is 6.09 Å².